The van der Waals surface area contributed by atoms with E-state index in [1.54, 1.807) is 0 Å². The molecule has 6 nitrogen and oxygen atoms in total. The molecule has 23 heavy (non-hydrogen) atoms. The van der Waals surface area contributed by atoms with Gasteiger partial charge in [0.15, 0.2) is 0 Å². The molecule has 0 bridgehead atoms. The van der Waals surface area contributed by atoms with Crippen LogP contribution in [0.4, 0.5) is 22.4 Å². The summed E-state index contributed by atoms with van der Waals surface area (Å²) in [6.07, 6.45) is -4.98. The molecule has 130 valence electrons. The Bertz CT molecular complexity index is 498. The number of hydrogen-bond donors (Lipinski definition) is 4. The molecule has 1 heterocycles. The van der Waals surface area contributed by atoms with Gasteiger partial charge in [-0.3, -0.25) is 10.6 Å². The summed E-state index contributed by atoms with van der Waals surface area (Å²) in [5.74, 6) is -0.671. The Hall–Kier alpha value is -1.78. The van der Waals surface area contributed by atoms with Crippen LogP contribution >= 0.6 is 11.6 Å². The number of ether oxygens (including phenoxy) is 1. The molecule has 0 radical (unpaired) electrons. The zero-order valence-corrected chi connectivity index (χ0v) is 12.5. The van der Waals surface area contributed by atoms with Gasteiger partial charge in [0.25, 0.3) is 0 Å². The molecule has 0 saturated carbocycles. The van der Waals surface area contributed by atoms with Crippen molar-refractivity contribution in [2.75, 3.05) is 6.54 Å². The number of alkyl halides is 5. The van der Waals surface area contributed by atoms with Crippen LogP contribution in [0, 0.1) is 0 Å². The van der Waals surface area contributed by atoms with Crippen molar-refractivity contribution in [3.05, 3.63) is 36.8 Å². The van der Waals surface area contributed by atoms with Crippen molar-refractivity contribution in [1.29, 1.82) is 0 Å². The minimum Gasteiger partial charge on any atom is -0.406 e. The predicted octanol–water partition coefficient (Wildman–Crippen LogP) is 1.78. The van der Waals surface area contributed by atoms with Gasteiger partial charge in [0.2, 0.25) is 0 Å². The van der Waals surface area contributed by atoms with Crippen LogP contribution in [0.2, 0.25) is 0 Å². The number of nitrogens with one attached hydrogen (secondary N) is 4. The lowest BCUT2D eigenvalue weighted by atomic mass is 10.3. The van der Waals surface area contributed by atoms with Crippen molar-refractivity contribution >= 4 is 17.6 Å². The third-order valence-electron chi connectivity index (χ3n) is 2.43. The Labute approximate surface area is 134 Å². The van der Waals surface area contributed by atoms with Crippen molar-refractivity contribution in [3.8, 4) is 0 Å². The maximum Gasteiger partial charge on any atom is 0.573 e. The molecule has 1 rings (SSSR count). The lowest BCUT2D eigenvalue weighted by Crippen LogP contribution is -2.65. The highest BCUT2D eigenvalue weighted by Gasteiger charge is 2.31. The molecule has 1 aliphatic rings. The second-order valence-corrected chi connectivity index (χ2v) is 4.87. The minimum atomic E-state index is -4.85. The smallest absolute Gasteiger partial charge is 0.406 e. The summed E-state index contributed by atoms with van der Waals surface area (Å²) in [5, 5.41) is 9.80. The predicted molar refractivity (Wildman–Crippen MR) is 75.7 cm³/mol. The van der Waals surface area contributed by atoms with Gasteiger partial charge in [-0.25, -0.2) is 9.18 Å². The van der Waals surface area contributed by atoms with E-state index in [1.807, 2.05) is 0 Å². The summed E-state index contributed by atoms with van der Waals surface area (Å²) < 4.78 is 52.3. The van der Waals surface area contributed by atoms with E-state index in [-0.39, 0.29) is 12.2 Å². The molecule has 2 amide bonds. The number of halogens is 5. The van der Waals surface area contributed by atoms with Crippen molar-refractivity contribution in [1.82, 2.24) is 21.3 Å². The first-order chi connectivity index (χ1) is 10.6. The van der Waals surface area contributed by atoms with Crippen LogP contribution in [0.5, 0.6) is 0 Å². The number of rotatable bonds is 5. The van der Waals surface area contributed by atoms with Crippen molar-refractivity contribution in [2.45, 2.75) is 24.3 Å². The fraction of sp³-hybridized carbons (Fsp3) is 0.417. The Morgan fingerprint density at radius 3 is 2.57 bits per heavy atom. The van der Waals surface area contributed by atoms with Crippen LogP contribution in [-0.2, 0) is 4.74 Å². The average Bonchev–Trinajstić information content (AvgIpc) is 2.38. The molecule has 0 aromatic heterocycles. The number of hydrogen-bond acceptors (Lipinski definition) is 4. The normalized spacial score (nSPS) is 25.0. The van der Waals surface area contributed by atoms with Gasteiger partial charge < -0.3 is 15.4 Å². The molecule has 0 aromatic carbocycles. The van der Waals surface area contributed by atoms with Gasteiger partial charge >= 0.3 is 12.4 Å². The summed E-state index contributed by atoms with van der Waals surface area (Å²) >= 11 is 5.65. The number of carbonyl (C=O) groups excluding carboxylic acids is 1. The third kappa shape index (κ3) is 7.86. The highest BCUT2D eigenvalue weighted by molar-refractivity contribution is 6.20. The molecule has 3 atom stereocenters. The van der Waals surface area contributed by atoms with E-state index in [0.717, 1.165) is 12.2 Å². The Morgan fingerprint density at radius 1 is 1.35 bits per heavy atom. The lowest BCUT2D eigenvalue weighted by Gasteiger charge is -2.31. The molecule has 0 spiro atoms. The highest BCUT2D eigenvalue weighted by atomic mass is 35.5. The molecule has 1 fully saturated rings. The SMILES string of the molecule is C=C(/C=C\C(=C)OC(F)(F)F)NC(=O)NC1NCC(F)C(Cl)N1. The van der Waals surface area contributed by atoms with Crippen LogP contribution in [0.15, 0.2) is 36.8 Å². The zero-order chi connectivity index (χ0) is 17.6. The first-order valence-corrected chi connectivity index (χ1v) is 6.67. The number of carbonyl (C=O) groups is 1. The Morgan fingerprint density at radius 2 is 2.00 bits per heavy atom. The molecule has 11 heteroatoms. The third-order valence-corrected chi connectivity index (χ3v) is 2.83. The van der Waals surface area contributed by atoms with Gasteiger partial charge in [-0.15, -0.1) is 24.8 Å². The van der Waals surface area contributed by atoms with Crippen molar-refractivity contribution in [2.24, 2.45) is 0 Å². The molecule has 0 aromatic rings. The monoisotopic (exact) mass is 358 g/mol. The van der Waals surface area contributed by atoms with Gasteiger partial charge in [0.05, 0.1) is 0 Å². The summed E-state index contributed by atoms with van der Waals surface area (Å²) in [6.45, 7) is 6.40. The fourth-order valence-electron chi connectivity index (χ4n) is 1.48. The average molecular weight is 359 g/mol. The topological polar surface area (TPSA) is 74.4 Å². The van der Waals surface area contributed by atoms with Crippen molar-refractivity contribution in [3.63, 3.8) is 0 Å². The number of urea groups is 1. The molecular weight excluding hydrogens is 344 g/mol. The maximum absolute atomic E-state index is 13.1. The van der Waals surface area contributed by atoms with E-state index in [0.29, 0.717) is 0 Å². The summed E-state index contributed by atoms with van der Waals surface area (Å²) in [5.41, 5.74) is -0.983. The van der Waals surface area contributed by atoms with Gasteiger partial charge in [0, 0.05) is 12.2 Å². The first-order valence-electron chi connectivity index (χ1n) is 6.23. The van der Waals surface area contributed by atoms with E-state index in [9.17, 15) is 22.4 Å². The molecule has 0 aliphatic carbocycles. The van der Waals surface area contributed by atoms with E-state index in [1.165, 1.54) is 0 Å². The van der Waals surface area contributed by atoms with Gasteiger partial charge in [-0.05, 0) is 12.2 Å². The summed E-state index contributed by atoms with van der Waals surface area (Å²) in [4.78, 5) is 11.6. The second-order valence-electron chi connectivity index (χ2n) is 4.40. The maximum atomic E-state index is 13.1. The summed E-state index contributed by atoms with van der Waals surface area (Å²) in [6, 6.07) is -0.729. The van der Waals surface area contributed by atoms with Crippen LogP contribution in [0.25, 0.3) is 0 Å². The van der Waals surface area contributed by atoms with Gasteiger partial charge in [-0.1, -0.05) is 13.2 Å². The largest absolute Gasteiger partial charge is 0.573 e. The van der Waals surface area contributed by atoms with Gasteiger partial charge in [-0.2, -0.15) is 0 Å². The van der Waals surface area contributed by atoms with Crippen molar-refractivity contribution < 1.29 is 27.1 Å². The van der Waals surface area contributed by atoms with Crippen LogP contribution in [0.1, 0.15) is 0 Å². The molecule has 1 aliphatic heterocycles. The lowest BCUT2D eigenvalue weighted by molar-refractivity contribution is -0.303. The number of allylic oxidation sites excluding steroid dienone is 2. The van der Waals surface area contributed by atoms with Gasteiger partial charge in [0.1, 0.15) is 23.7 Å². The molecule has 4 N–H and O–H groups in total. The standard InChI is InChI=1S/C12H15ClF4N4O2/c1-6(3-4-7(2)23-12(15,16)17)19-11(22)21-10-18-5-8(14)9(13)20-10/h3-4,8-10,18,20H,1-2,5H2,(H2,19,21,22)/b4-3-. The summed E-state index contributed by atoms with van der Waals surface area (Å²) in [7, 11) is 0. The zero-order valence-electron chi connectivity index (χ0n) is 11.7. The first kappa shape index (κ1) is 19.3. The molecule has 1 saturated heterocycles. The van der Waals surface area contributed by atoms with E-state index < -0.39 is 36.1 Å². The van der Waals surface area contributed by atoms with E-state index >= 15 is 0 Å². The van der Waals surface area contributed by atoms with E-state index in [2.05, 4.69) is 39.2 Å². The number of amides is 2. The Balaban J connectivity index is 2.36. The van der Waals surface area contributed by atoms with Crippen LogP contribution in [0.3, 0.4) is 0 Å². The van der Waals surface area contributed by atoms with Crippen LogP contribution in [-0.4, -0.2) is 36.9 Å². The minimum absolute atomic E-state index is 0.0176. The second kappa shape index (κ2) is 8.18. The highest BCUT2D eigenvalue weighted by Crippen LogP contribution is 2.20. The quantitative estimate of drug-likeness (QED) is 0.199. The molecular formula is C12H15ClF4N4O2. The van der Waals surface area contributed by atoms with Crippen LogP contribution < -0.4 is 21.3 Å². The molecule has 3 unspecified atom stereocenters. The van der Waals surface area contributed by atoms with E-state index in [4.69, 9.17) is 11.6 Å². The Kier molecular flexibility index (Phi) is 6.85. The fourth-order valence-corrected chi connectivity index (χ4v) is 1.70.